The zero-order valence-corrected chi connectivity index (χ0v) is 15.5. The molecule has 2 N–H and O–H groups in total. The first-order valence-corrected chi connectivity index (χ1v) is 8.63. The number of carbonyl (C=O) groups excluding carboxylic acids is 2. The molecule has 3 heterocycles. The van der Waals surface area contributed by atoms with Crippen molar-refractivity contribution >= 4 is 23.4 Å². The number of carbonyl (C=O) groups is 2. The number of imidazole rings is 1. The second kappa shape index (κ2) is 7.15. The molecular weight excluding hydrogens is 377 g/mol. The summed E-state index contributed by atoms with van der Waals surface area (Å²) >= 11 is 0. The second-order valence-corrected chi connectivity index (χ2v) is 6.22. The smallest absolute Gasteiger partial charge is 0.275 e. The van der Waals surface area contributed by atoms with Gasteiger partial charge in [0, 0.05) is 32.1 Å². The Bertz CT molecular complexity index is 1230. The van der Waals surface area contributed by atoms with E-state index in [1.54, 1.807) is 42.0 Å². The molecule has 0 saturated heterocycles. The summed E-state index contributed by atoms with van der Waals surface area (Å²) in [7, 11) is 3.05. The number of hydrogen-bond acceptors (Lipinski definition) is 5. The van der Waals surface area contributed by atoms with E-state index in [0.29, 0.717) is 11.5 Å². The number of nitrogens with zero attached hydrogens (tertiary/aromatic N) is 5. The van der Waals surface area contributed by atoms with E-state index in [0.717, 1.165) is 5.56 Å². The standard InChI is InChI=1S/C19H16FN7O2/c1-21-17(28)13-9-22-26(2)16(13)18(29)24-15-7-8-27-10-14(23-19(27)25-15)11-3-5-12(20)6-4-11/h3-10H,1-2H3,(H,21,28)(H,23,24,25,29). The highest BCUT2D eigenvalue weighted by Gasteiger charge is 2.22. The number of halogens is 1. The van der Waals surface area contributed by atoms with Gasteiger partial charge < -0.3 is 10.6 Å². The third kappa shape index (κ3) is 3.43. The molecule has 0 spiro atoms. The van der Waals surface area contributed by atoms with Gasteiger partial charge in [0.25, 0.3) is 11.8 Å². The van der Waals surface area contributed by atoms with Crippen LogP contribution < -0.4 is 10.6 Å². The van der Waals surface area contributed by atoms with Gasteiger partial charge in [0.2, 0.25) is 5.78 Å². The van der Waals surface area contributed by atoms with Crippen LogP contribution in [0.1, 0.15) is 20.8 Å². The van der Waals surface area contributed by atoms with Gasteiger partial charge in [-0.15, -0.1) is 0 Å². The van der Waals surface area contributed by atoms with E-state index in [1.807, 2.05) is 0 Å². The number of rotatable bonds is 4. The lowest BCUT2D eigenvalue weighted by Crippen LogP contribution is -2.24. The van der Waals surface area contributed by atoms with Crippen LogP contribution >= 0.6 is 0 Å². The maximum Gasteiger partial charge on any atom is 0.275 e. The van der Waals surface area contributed by atoms with Crippen molar-refractivity contribution in [3.63, 3.8) is 0 Å². The number of amides is 2. The number of aryl methyl sites for hydroxylation is 1. The topological polar surface area (TPSA) is 106 Å². The molecular formula is C19H16FN7O2. The van der Waals surface area contributed by atoms with E-state index in [9.17, 15) is 14.0 Å². The lowest BCUT2D eigenvalue weighted by Gasteiger charge is -2.07. The van der Waals surface area contributed by atoms with Gasteiger partial charge in [-0.1, -0.05) is 0 Å². The highest BCUT2D eigenvalue weighted by atomic mass is 19.1. The Labute approximate surface area is 164 Å². The maximum atomic E-state index is 13.1. The molecule has 0 atom stereocenters. The summed E-state index contributed by atoms with van der Waals surface area (Å²) in [5.74, 6) is -0.636. The van der Waals surface area contributed by atoms with E-state index in [2.05, 4.69) is 25.7 Å². The monoisotopic (exact) mass is 393 g/mol. The minimum absolute atomic E-state index is 0.112. The maximum absolute atomic E-state index is 13.1. The highest BCUT2D eigenvalue weighted by Crippen LogP contribution is 2.20. The zero-order valence-electron chi connectivity index (χ0n) is 15.5. The summed E-state index contributed by atoms with van der Waals surface area (Å²) in [5.41, 5.74) is 1.64. The molecule has 3 aromatic heterocycles. The highest BCUT2D eigenvalue weighted by molar-refractivity contribution is 6.10. The van der Waals surface area contributed by atoms with Gasteiger partial charge in [-0.3, -0.25) is 18.7 Å². The van der Waals surface area contributed by atoms with Crippen molar-refractivity contribution in [2.45, 2.75) is 0 Å². The van der Waals surface area contributed by atoms with Crippen molar-refractivity contribution in [3.8, 4) is 11.3 Å². The quantitative estimate of drug-likeness (QED) is 0.551. The number of benzene rings is 1. The zero-order chi connectivity index (χ0) is 20.5. The van der Waals surface area contributed by atoms with Crippen LogP contribution in [-0.2, 0) is 7.05 Å². The minimum atomic E-state index is -0.522. The van der Waals surface area contributed by atoms with Crippen LogP contribution in [0.2, 0.25) is 0 Å². The Hall–Kier alpha value is -4.08. The van der Waals surface area contributed by atoms with Crippen LogP contribution in [-0.4, -0.2) is 43.0 Å². The van der Waals surface area contributed by atoms with E-state index in [1.165, 1.54) is 30.1 Å². The van der Waals surface area contributed by atoms with Crippen molar-refractivity contribution < 1.29 is 14.0 Å². The van der Waals surface area contributed by atoms with Gasteiger partial charge >= 0.3 is 0 Å². The van der Waals surface area contributed by atoms with Gasteiger partial charge in [-0.2, -0.15) is 10.1 Å². The van der Waals surface area contributed by atoms with Crippen molar-refractivity contribution in [1.29, 1.82) is 0 Å². The van der Waals surface area contributed by atoms with Gasteiger partial charge in [-0.25, -0.2) is 9.37 Å². The Balaban J connectivity index is 1.62. The summed E-state index contributed by atoms with van der Waals surface area (Å²) in [6.07, 6.45) is 4.78. The fourth-order valence-corrected chi connectivity index (χ4v) is 2.88. The predicted molar refractivity (Wildman–Crippen MR) is 103 cm³/mol. The fraction of sp³-hybridized carbons (Fsp3) is 0.105. The van der Waals surface area contributed by atoms with Crippen LogP contribution in [0.3, 0.4) is 0 Å². The van der Waals surface area contributed by atoms with E-state index in [4.69, 9.17) is 0 Å². The summed E-state index contributed by atoms with van der Waals surface area (Å²) < 4.78 is 16.1. The average Bonchev–Trinajstić information content (AvgIpc) is 3.31. The van der Waals surface area contributed by atoms with Gasteiger partial charge in [0.15, 0.2) is 0 Å². The molecule has 4 aromatic rings. The molecule has 2 amide bonds. The molecule has 0 aliphatic carbocycles. The lowest BCUT2D eigenvalue weighted by atomic mass is 10.2. The van der Waals surface area contributed by atoms with Crippen LogP contribution in [0.25, 0.3) is 17.0 Å². The Morgan fingerprint density at radius 3 is 2.55 bits per heavy atom. The molecule has 0 unspecified atom stereocenters. The van der Waals surface area contributed by atoms with Crippen molar-refractivity contribution in [2.75, 3.05) is 12.4 Å². The Morgan fingerprint density at radius 2 is 1.83 bits per heavy atom. The third-order valence-corrected chi connectivity index (χ3v) is 4.33. The van der Waals surface area contributed by atoms with Gasteiger partial charge in [0.05, 0.1) is 17.5 Å². The summed E-state index contributed by atoms with van der Waals surface area (Å²) in [4.78, 5) is 33.4. The van der Waals surface area contributed by atoms with E-state index in [-0.39, 0.29) is 22.9 Å². The molecule has 29 heavy (non-hydrogen) atoms. The molecule has 0 aliphatic heterocycles. The van der Waals surface area contributed by atoms with Crippen molar-refractivity contribution in [3.05, 3.63) is 66.0 Å². The predicted octanol–water partition coefficient (Wildman–Crippen LogP) is 1.88. The lowest BCUT2D eigenvalue weighted by molar-refractivity contribution is 0.0946. The molecule has 9 nitrogen and oxygen atoms in total. The normalized spacial score (nSPS) is 10.9. The number of aromatic nitrogens is 5. The van der Waals surface area contributed by atoms with Crippen molar-refractivity contribution in [1.82, 2.24) is 29.5 Å². The molecule has 1 aromatic carbocycles. The molecule has 0 fully saturated rings. The summed E-state index contributed by atoms with van der Waals surface area (Å²) in [6.45, 7) is 0. The van der Waals surface area contributed by atoms with Crippen molar-refractivity contribution in [2.24, 2.45) is 7.05 Å². The van der Waals surface area contributed by atoms with Crippen LogP contribution in [0.4, 0.5) is 10.2 Å². The second-order valence-electron chi connectivity index (χ2n) is 6.22. The molecule has 10 heteroatoms. The first-order chi connectivity index (χ1) is 14.0. The Morgan fingerprint density at radius 1 is 1.07 bits per heavy atom. The third-order valence-electron chi connectivity index (χ3n) is 4.33. The van der Waals surface area contributed by atoms with Crippen LogP contribution in [0.5, 0.6) is 0 Å². The van der Waals surface area contributed by atoms with Gasteiger partial charge in [-0.05, 0) is 30.3 Å². The number of hydrogen-bond donors (Lipinski definition) is 2. The first kappa shape index (κ1) is 18.3. The summed E-state index contributed by atoms with van der Waals surface area (Å²) in [5, 5.41) is 9.11. The van der Waals surface area contributed by atoms with Gasteiger partial charge in [0.1, 0.15) is 17.3 Å². The summed E-state index contributed by atoms with van der Waals surface area (Å²) in [6, 6.07) is 7.58. The average molecular weight is 393 g/mol. The van der Waals surface area contributed by atoms with E-state index >= 15 is 0 Å². The number of nitrogens with one attached hydrogen (secondary N) is 2. The van der Waals surface area contributed by atoms with Crippen LogP contribution in [0, 0.1) is 5.82 Å². The molecule has 146 valence electrons. The Kier molecular flexibility index (Phi) is 4.51. The minimum Gasteiger partial charge on any atom is -0.355 e. The van der Waals surface area contributed by atoms with E-state index < -0.39 is 11.8 Å². The molecule has 0 saturated carbocycles. The number of fused-ring (bicyclic) bond motifs is 1. The van der Waals surface area contributed by atoms with Crippen LogP contribution in [0.15, 0.2) is 48.9 Å². The molecule has 0 bridgehead atoms. The number of anilines is 1. The molecule has 0 aliphatic rings. The largest absolute Gasteiger partial charge is 0.355 e. The fourth-order valence-electron chi connectivity index (χ4n) is 2.88. The molecule has 4 rings (SSSR count). The SMILES string of the molecule is CNC(=O)c1cnn(C)c1C(=O)Nc1ccn2cc(-c3ccc(F)cc3)nc2n1. The first-order valence-electron chi connectivity index (χ1n) is 8.63. The molecule has 0 radical (unpaired) electrons.